The number of carbonyl (C=O) groups is 1. The molecule has 0 N–H and O–H groups in total. The number of rotatable bonds is 7. The summed E-state index contributed by atoms with van der Waals surface area (Å²) in [5.41, 5.74) is 1.06. The van der Waals surface area contributed by atoms with E-state index in [-0.39, 0.29) is 16.8 Å². The van der Waals surface area contributed by atoms with Crippen LogP contribution in [0, 0.1) is 10.1 Å². The quantitative estimate of drug-likeness (QED) is 0.427. The Hall–Kier alpha value is -2.54. The Balaban J connectivity index is 1.94. The van der Waals surface area contributed by atoms with E-state index in [1.165, 1.54) is 23.9 Å². The maximum absolute atomic E-state index is 12.5. The van der Waals surface area contributed by atoms with Crippen LogP contribution in [0.5, 0.6) is 5.75 Å². The summed E-state index contributed by atoms with van der Waals surface area (Å²) in [6.45, 7) is 2.34. The second-order valence-corrected chi connectivity index (χ2v) is 6.97. The van der Waals surface area contributed by atoms with Crippen LogP contribution >= 0.6 is 11.8 Å². The van der Waals surface area contributed by atoms with Crippen LogP contribution in [0.1, 0.15) is 12.5 Å². The minimum absolute atomic E-state index is 0.000768. The molecule has 0 saturated heterocycles. The predicted octanol–water partition coefficient (Wildman–Crippen LogP) is 3.74. The Morgan fingerprint density at radius 2 is 1.80 bits per heavy atom. The summed E-state index contributed by atoms with van der Waals surface area (Å²) in [6, 6.07) is 13.8. The molecule has 0 aliphatic rings. The number of carbonyl (C=O) groups excluding carboxylic acids is 1. The number of ether oxygens (including phenoxy) is 1. The van der Waals surface area contributed by atoms with Crippen molar-refractivity contribution in [3.8, 4) is 5.75 Å². The van der Waals surface area contributed by atoms with Gasteiger partial charge in [-0.2, -0.15) is 0 Å². The highest BCUT2D eigenvalue weighted by atomic mass is 32.2. The van der Waals surface area contributed by atoms with Crippen LogP contribution < -0.4 is 4.74 Å². The highest BCUT2D eigenvalue weighted by Crippen LogP contribution is 2.26. The third-order valence-electron chi connectivity index (χ3n) is 3.66. The van der Waals surface area contributed by atoms with Gasteiger partial charge in [0.1, 0.15) is 5.75 Å². The van der Waals surface area contributed by atoms with Crippen molar-refractivity contribution in [2.24, 2.45) is 0 Å². The molecule has 0 heterocycles. The number of nitrogens with zero attached hydrogens (tertiary/aromatic N) is 2. The number of hydrogen-bond donors (Lipinski definition) is 0. The van der Waals surface area contributed by atoms with Crippen LogP contribution in [-0.2, 0) is 11.3 Å². The summed E-state index contributed by atoms with van der Waals surface area (Å²) in [5.74, 6) is 0.777. The molecule has 0 aliphatic heterocycles. The molecule has 1 atom stereocenters. The first-order valence-corrected chi connectivity index (χ1v) is 8.57. The minimum atomic E-state index is -0.439. The van der Waals surface area contributed by atoms with Gasteiger partial charge in [0.05, 0.1) is 17.3 Å². The molecule has 1 amide bonds. The van der Waals surface area contributed by atoms with Gasteiger partial charge in [-0.25, -0.2) is 0 Å². The normalized spacial score (nSPS) is 11.6. The molecule has 0 saturated carbocycles. The summed E-state index contributed by atoms with van der Waals surface area (Å²) in [4.78, 5) is 25.3. The van der Waals surface area contributed by atoms with E-state index < -0.39 is 4.92 Å². The number of amides is 1. The van der Waals surface area contributed by atoms with Crippen LogP contribution in [0.25, 0.3) is 0 Å². The lowest BCUT2D eigenvalue weighted by Crippen LogP contribution is -2.32. The number of thioether (sulfide) groups is 1. The summed E-state index contributed by atoms with van der Waals surface area (Å²) < 4.78 is 5.12. The maximum atomic E-state index is 12.5. The van der Waals surface area contributed by atoms with Crippen molar-refractivity contribution < 1.29 is 14.5 Å². The zero-order valence-corrected chi connectivity index (χ0v) is 15.2. The maximum Gasteiger partial charge on any atom is 0.269 e. The van der Waals surface area contributed by atoms with Gasteiger partial charge in [-0.1, -0.05) is 12.1 Å². The van der Waals surface area contributed by atoms with E-state index in [2.05, 4.69) is 0 Å². The average molecular weight is 360 g/mol. The largest absolute Gasteiger partial charge is 0.497 e. The Morgan fingerprint density at radius 3 is 2.32 bits per heavy atom. The molecule has 0 aromatic heterocycles. The number of benzene rings is 2. The minimum Gasteiger partial charge on any atom is -0.497 e. The predicted molar refractivity (Wildman–Crippen MR) is 97.9 cm³/mol. The number of nitro groups is 1. The van der Waals surface area contributed by atoms with Gasteiger partial charge in [0.15, 0.2) is 0 Å². The van der Waals surface area contributed by atoms with E-state index in [0.717, 1.165) is 16.2 Å². The second-order valence-electron chi connectivity index (χ2n) is 5.55. The molecular formula is C18H20N2O4S. The van der Waals surface area contributed by atoms with Crippen molar-refractivity contribution in [3.63, 3.8) is 0 Å². The fraction of sp³-hybridized carbons (Fsp3) is 0.278. The van der Waals surface area contributed by atoms with Crippen molar-refractivity contribution in [1.82, 2.24) is 4.90 Å². The third kappa shape index (κ3) is 5.22. The number of hydrogen-bond acceptors (Lipinski definition) is 5. The van der Waals surface area contributed by atoms with Gasteiger partial charge >= 0.3 is 0 Å². The molecule has 0 fully saturated rings. The fourth-order valence-electron chi connectivity index (χ4n) is 2.29. The van der Waals surface area contributed by atoms with E-state index in [0.29, 0.717) is 6.54 Å². The topological polar surface area (TPSA) is 72.7 Å². The molecule has 132 valence electrons. The Bertz CT molecular complexity index is 732. The van der Waals surface area contributed by atoms with E-state index in [1.54, 1.807) is 31.2 Å². The van der Waals surface area contributed by atoms with Gasteiger partial charge in [0, 0.05) is 30.6 Å². The molecule has 0 aliphatic carbocycles. The fourth-order valence-corrected chi connectivity index (χ4v) is 3.28. The monoisotopic (exact) mass is 360 g/mol. The van der Waals surface area contributed by atoms with E-state index in [4.69, 9.17) is 4.74 Å². The van der Waals surface area contributed by atoms with Crippen LogP contribution in [-0.4, -0.2) is 35.1 Å². The van der Waals surface area contributed by atoms with E-state index in [1.807, 2.05) is 31.2 Å². The van der Waals surface area contributed by atoms with Gasteiger partial charge < -0.3 is 9.64 Å². The molecule has 25 heavy (non-hydrogen) atoms. The average Bonchev–Trinajstić information content (AvgIpc) is 2.62. The van der Waals surface area contributed by atoms with Crippen LogP contribution in [0.2, 0.25) is 0 Å². The van der Waals surface area contributed by atoms with Gasteiger partial charge in [-0.05, 0) is 36.8 Å². The number of nitro benzene ring substituents is 1. The molecule has 2 aromatic carbocycles. The van der Waals surface area contributed by atoms with Crippen molar-refractivity contribution in [2.45, 2.75) is 23.6 Å². The van der Waals surface area contributed by atoms with E-state index >= 15 is 0 Å². The molecule has 2 rings (SSSR count). The summed E-state index contributed by atoms with van der Waals surface area (Å²) in [5, 5.41) is 10.4. The smallest absolute Gasteiger partial charge is 0.269 e. The molecule has 6 nitrogen and oxygen atoms in total. The SMILES string of the molecule is COc1ccc(CN(C)C(=O)C(C)Sc2ccc([N+](=O)[O-])cc2)cc1. The lowest BCUT2D eigenvalue weighted by Gasteiger charge is -2.21. The van der Waals surface area contributed by atoms with Crippen LogP contribution in [0.3, 0.4) is 0 Å². The Labute approximate surface area is 150 Å². The highest BCUT2D eigenvalue weighted by Gasteiger charge is 2.19. The Kier molecular flexibility index (Phi) is 6.41. The van der Waals surface area contributed by atoms with Gasteiger partial charge in [-0.3, -0.25) is 14.9 Å². The number of methoxy groups -OCH3 is 1. The van der Waals surface area contributed by atoms with Crippen molar-refractivity contribution in [2.75, 3.05) is 14.2 Å². The van der Waals surface area contributed by atoms with Crippen LogP contribution in [0.15, 0.2) is 53.4 Å². The molecule has 0 bridgehead atoms. The van der Waals surface area contributed by atoms with Gasteiger partial charge in [0.25, 0.3) is 5.69 Å². The molecule has 7 heteroatoms. The standard InChI is InChI=1S/C18H20N2O4S/c1-13(25-17-10-6-15(7-11-17)20(22)23)18(21)19(2)12-14-4-8-16(24-3)9-5-14/h4-11,13H,12H2,1-3H3. The Morgan fingerprint density at radius 1 is 1.20 bits per heavy atom. The van der Waals surface area contributed by atoms with Crippen molar-refractivity contribution in [1.29, 1.82) is 0 Å². The second kappa shape index (κ2) is 8.53. The summed E-state index contributed by atoms with van der Waals surface area (Å²) >= 11 is 1.38. The van der Waals surface area contributed by atoms with Gasteiger partial charge in [0.2, 0.25) is 5.91 Å². The van der Waals surface area contributed by atoms with Gasteiger partial charge in [-0.15, -0.1) is 11.8 Å². The first-order chi connectivity index (χ1) is 11.9. The third-order valence-corrected chi connectivity index (χ3v) is 4.76. The lowest BCUT2D eigenvalue weighted by atomic mass is 10.2. The van der Waals surface area contributed by atoms with E-state index in [9.17, 15) is 14.9 Å². The lowest BCUT2D eigenvalue weighted by molar-refractivity contribution is -0.384. The molecule has 0 spiro atoms. The zero-order chi connectivity index (χ0) is 18.4. The molecule has 2 aromatic rings. The van der Waals surface area contributed by atoms with Crippen LogP contribution in [0.4, 0.5) is 5.69 Å². The van der Waals surface area contributed by atoms with Crippen molar-refractivity contribution in [3.05, 3.63) is 64.2 Å². The van der Waals surface area contributed by atoms with Crippen molar-refractivity contribution >= 4 is 23.4 Å². The number of non-ortho nitro benzene ring substituents is 1. The summed E-state index contributed by atoms with van der Waals surface area (Å²) in [6.07, 6.45) is 0. The molecule has 0 radical (unpaired) electrons. The first-order valence-electron chi connectivity index (χ1n) is 7.69. The first kappa shape index (κ1) is 18.8. The summed E-state index contributed by atoms with van der Waals surface area (Å²) in [7, 11) is 3.38. The molecular weight excluding hydrogens is 340 g/mol. The molecule has 1 unspecified atom stereocenters. The zero-order valence-electron chi connectivity index (χ0n) is 14.3. The highest BCUT2D eigenvalue weighted by molar-refractivity contribution is 8.00.